The van der Waals surface area contributed by atoms with Gasteiger partial charge in [0.15, 0.2) is 0 Å². The molecule has 1 aromatic carbocycles. The van der Waals surface area contributed by atoms with Gasteiger partial charge in [0.1, 0.15) is 5.75 Å². The van der Waals surface area contributed by atoms with Crippen molar-refractivity contribution in [1.82, 2.24) is 9.21 Å². The van der Waals surface area contributed by atoms with E-state index in [2.05, 4.69) is 4.90 Å². The van der Waals surface area contributed by atoms with E-state index >= 15 is 0 Å². The lowest BCUT2D eigenvalue weighted by atomic mass is 10.2. The number of rotatable bonds is 5. The smallest absolute Gasteiger partial charge is 0.243 e. The fourth-order valence-corrected chi connectivity index (χ4v) is 5.11. The third kappa shape index (κ3) is 3.92. The van der Waals surface area contributed by atoms with Gasteiger partial charge in [0.05, 0.1) is 11.0 Å². The van der Waals surface area contributed by atoms with Crippen molar-refractivity contribution in [3.8, 4) is 5.75 Å². The van der Waals surface area contributed by atoms with Gasteiger partial charge in [0, 0.05) is 32.2 Å². The minimum atomic E-state index is -3.40. The molecule has 1 heterocycles. The van der Waals surface area contributed by atoms with E-state index in [-0.39, 0.29) is 6.10 Å². The normalized spacial score (nSPS) is 21.5. The second kappa shape index (κ2) is 7.42. The van der Waals surface area contributed by atoms with Crippen LogP contribution in [0.15, 0.2) is 29.2 Å². The Morgan fingerprint density at radius 2 is 1.58 bits per heavy atom. The van der Waals surface area contributed by atoms with Crippen molar-refractivity contribution in [3.05, 3.63) is 24.3 Å². The van der Waals surface area contributed by atoms with Gasteiger partial charge in [-0.05, 0) is 51.0 Å². The summed E-state index contributed by atoms with van der Waals surface area (Å²) in [4.78, 5) is 2.83. The molecule has 1 saturated heterocycles. The van der Waals surface area contributed by atoms with Crippen LogP contribution in [0.4, 0.5) is 0 Å². The van der Waals surface area contributed by atoms with E-state index in [1.54, 1.807) is 28.6 Å². The number of ether oxygens (including phenoxy) is 1. The predicted molar refractivity (Wildman–Crippen MR) is 94.8 cm³/mol. The van der Waals surface area contributed by atoms with E-state index in [0.29, 0.717) is 29.8 Å². The molecule has 2 fully saturated rings. The van der Waals surface area contributed by atoms with Crippen LogP contribution in [0.5, 0.6) is 5.75 Å². The van der Waals surface area contributed by atoms with Crippen molar-refractivity contribution < 1.29 is 13.2 Å². The van der Waals surface area contributed by atoms with Gasteiger partial charge in [-0.2, -0.15) is 4.31 Å². The Labute approximate surface area is 145 Å². The van der Waals surface area contributed by atoms with E-state index in [9.17, 15) is 8.42 Å². The first-order chi connectivity index (χ1) is 11.5. The van der Waals surface area contributed by atoms with Crippen molar-refractivity contribution in [1.29, 1.82) is 0 Å². The van der Waals surface area contributed by atoms with Crippen LogP contribution >= 0.6 is 0 Å². The molecule has 134 valence electrons. The Hall–Kier alpha value is -1.11. The monoisotopic (exact) mass is 352 g/mol. The first kappa shape index (κ1) is 17.7. The second-order valence-electron chi connectivity index (χ2n) is 7.02. The summed E-state index contributed by atoms with van der Waals surface area (Å²) in [5.41, 5.74) is 0. The predicted octanol–water partition coefficient (Wildman–Crippen LogP) is 2.72. The maximum atomic E-state index is 12.8. The van der Waals surface area contributed by atoms with Crippen LogP contribution in [0.3, 0.4) is 0 Å². The average Bonchev–Trinajstić information content (AvgIpc) is 3.09. The fraction of sp³-hybridized carbons (Fsp3) is 0.667. The van der Waals surface area contributed by atoms with E-state index in [1.807, 2.05) is 13.8 Å². The first-order valence-corrected chi connectivity index (χ1v) is 10.4. The maximum Gasteiger partial charge on any atom is 0.243 e. The molecule has 0 amide bonds. The lowest BCUT2D eigenvalue weighted by Crippen LogP contribution is -2.51. The van der Waals surface area contributed by atoms with Crippen molar-refractivity contribution in [2.24, 2.45) is 0 Å². The fourth-order valence-electron chi connectivity index (χ4n) is 3.69. The van der Waals surface area contributed by atoms with Gasteiger partial charge in [-0.15, -0.1) is 0 Å². The van der Waals surface area contributed by atoms with E-state index in [4.69, 9.17) is 4.74 Å². The first-order valence-electron chi connectivity index (χ1n) is 8.98. The third-order valence-electron chi connectivity index (χ3n) is 4.95. The summed E-state index contributed by atoms with van der Waals surface area (Å²) in [5.74, 6) is 0.704. The molecule has 0 N–H and O–H groups in total. The van der Waals surface area contributed by atoms with E-state index < -0.39 is 10.0 Å². The lowest BCUT2D eigenvalue weighted by Gasteiger charge is -2.37. The Balaban J connectivity index is 1.63. The molecule has 0 aromatic heterocycles. The minimum absolute atomic E-state index is 0.0797. The Kier molecular flexibility index (Phi) is 5.47. The summed E-state index contributed by atoms with van der Waals surface area (Å²) in [6, 6.07) is 7.44. The maximum absolute atomic E-state index is 12.8. The van der Waals surface area contributed by atoms with Crippen molar-refractivity contribution in [2.75, 3.05) is 26.2 Å². The molecule has 0 bridgehead atoms. The summed E-state index contributed by atoms with van der Waals surface area (Å²) in [7, 11) is -3.40. The van der Waals surface area contributed by atoms with Crippen molar-refractivity contribution in [3.63, 3.8) is 0 Å². The Morgan fingerprint density at radius 3 is 2.12 bits per heavy atom. The lowest BCUT2D eigenvalue weighted by molar-refractivity contribution is 0.139. The molecular weight excluding hydrogens is 324 g/mol. The van der Waals surface area contributed by atoms with Crippen LogP contribution < -0.4 is 4.74 Å². The molecule has 6 heteroatoms. The van der Waals surface area contributed by atoms with Crippen LogP contribution in [0.1, 0.15) is 39.5 Å². The molecule has 1 aliphatic carbocycles. The standard InChI is InChI=1S/C18H28N2O3S/c1-15(2)23-17-7-9-18(10-8-17)24(21,22)20-13-11-19(12-14-20)16-5-3-4-6-16/h7-10,15-16H,3-6,11-14H2,1-2H3. The zero-order chi connectivity index (χ0) is 17.2. The summed E-state index contributed by atoms with van der Waals surface area (Å²) in [6.45, 7) is 6.77. The highest BCUT2D eigenvalue weighted by Gasteiger charge is 2.31. The van der Waals surface area contributed by atoms with Crippen LogP contribution in [0.2, 0.25) is 0 Å². The van der Waals surface area contributed by atoms with Gasteiger partial charge in [-0.3, -0.25) is 4.90 Å². The van der Waals surface area contributed by atoms with Gasteiger partial charge in [0.25, 0.3) is 0 Å². The SMILES string of the molecule is CC(C)Oc1ccc(S(=O)(=O)N2CCN(C3CCCC3)CC2)cc1. The minimum Gasteiger partial charge on any atom is -0.491 e. The topological polar surface area (TPSA) is 49.9 Å². The summed E-state index contributed by atoms with van der Waals surface area (Å²) >= 11 is 0. The third-order valence-corrected chi connectivity index (χ3v) is 6.86. The number of piperazine rings is 1. The van der Waals surface area contributed by atoms with Gasteiger partial charge in [-0.1, -0.05) is 12.8 Å². The highest BCUT2D eigenvalue weighted by atomic mass is 32.2. The molecule has 2 aliphatic rings. The van der Waals surface area contributed by atoms with Gasteiger partial charge in [0.2, 0.25) is 10.0 Å². The molecule has 1 aromatic rings. The summed E-state index contributed by atoms with van der Waals surface area (Å²) in [6.07, 6.45) is 5.24. The van der Waals surface area contributed by atoms with Gasteiger partial charge in [-0.25, -0.2) is 8.42 Å². The quantitative estimate of drug-likeness (QED) is 0.818. The summed E-state index contributed by atoms with van der Waals surface area (Å²) < 4.78 is 32.8. The van der Waals surface area contributed by atoms with Crippen LogP contribution in [-0.2, 0) is 10.0 Å². The number of hydrogen-bond acceptors (Lipinski definition) is 4. The molecule has 1 saturated carbocycles. The van der Waals surface area contributed by atoms with Gasteiger partial charge >= 0.3 is 0 Å². The van der Waals surface area contributed by atoms with Crippen molar-refractivity contribution >= 4 is 10.0 Å². The average molecular weight is 353 g/mol. The molecule has 24 heavy (non-hydrogen) atoms. The molecule has 5 nitrogen and oxygen atoms in total. The molecule has 0 radical (unpaired) electrons. The second-order valence-corrected chi connectivity index (χ2v) is 8.95. The number of sulfonamides is 1. The van der Waals surface area contributed by atoms with Crippen LogP contribution in [-0.4, -0.2) is 55.9 Å². The van der Waals surface area contributed by atoms with Crippen LogP contribution in [0.25, 0.3) is 0 Å². The molecule has 1 aliphatic heterocycles. The van der Waals surface area contributed by atoms with Gasteiger partial charge < -0.3 is 4.74 Å². The number of nitrogens with zero attached hydrogens (tertiary/aromatic N) is 2. The van der Waals surface area contributed by atoms with E-state index in [0.717, 1.165) is 13.1 Å². The molecule has 0 spiro atoms. The molecule has 0 unspecified atom stereocenters. The zero-order valence-corrected chi connectivity index (χ0v) is 15.5. The molecule has 3 rings (SSSR count). The summed E-state index contributed by atoms with van der Waals surface area (Å²) in [5, 5.41) is 0. The van der Waals surface area contributed by atoms with Crippen molar-refractivity contribution in [2.45, 2.75) is 56.6 Å². The Bertz CT molecular complexity index is 629. The molecular formula is C18H28N2O3S. The highest BCUT2D eigenvalue weighted by Crippen LogP contribution is 2.26. The van der Waals surface area contributed by atoms with E-state index in [1.165, 1.54) is 25.7 Å². The number of hydrogen-bond donors (Lipinski definition) is 0. The highest BCUT2D eigenvalue weighted by molar-refractivity contribution is 7.89. The Morgan fingerprint density at radius 1 is 1.00 bits per heavy atom. The number of benzene rings is 1. The zero-order valence-electron chi connectivity index (χ0n) is 14.6. The largest absolute Gasteiger partial charge is 0.491 e. The molecule has 0 atom stereocenters. The van der Waals surface area contributed by atoms with Crippen LogP contribution in [0, 0.1) is 0 Å².